The lowest BCUT2D eigenvalue weighted by atomic mass is 10.1. The summed E-state index contributed by atoms with van der Waals surface area (Å²) in [7, 11) is 0. The molecule has 2 aromatic heterocycles. The van der Waals surface area contributed by atoms with Crippen molar-refractivity contribution >= 4 is 21.9 Å². The fraction of sp³-hybridized carbons (Fsp3) is 0.0588. The van der Waals surface area contributed by atoms with E-state index in [1.54, 1.807) is 6.20 Å². The molecule has 0 saturated carbocycles. The Kier molecular flexibility index (Phi) is 2.49. The van der Waals surface area contributed by atoms with Crippen LogP contribution in [0.2, 0.25) is 0 Å². The summed E-state index contributed by atoms with van der Waals surface area (Å²) in [5.41, 5.74) is 3.02. The van der Waals surface area contributed by atoms with E-state index in [-0.39, 0.29) is 0 Å². The number of imidazole rings is 1. The summed E-state index contributed by atoms with van der Waals surface area (Å²) in [5, 5.41) is 2.53. The van der Waals surface area contributed by atoms with E-state index in [0.717, 1.165) is 23.4 Å². The molecular weight excluding hydrogens is 246 g/mol. The molecule has 3 heteroatoms. The summed E-state index contributed by atoms with van der Waals surface area (Å²) in [4.78, 5) is 12.1. The number of H-pyrrole nitrogens is 1. The fourth-order valence-corrected chi connectivity index (χ4v) is 2.52. The van der Waals surface area contributed by atoms with Gasteiger partial charge in [-0.2, -0.15) is 0 Å². The topological polar surface area (TPSA) is 41.6 Å². The highest BCUT2D eigenvalue weighted by atomic mass is 15.0. The van der Waals surface area contributed by atoms with Gasteiger partial charge in [0.05, 0.1) is 5.52 Å². The first-order valence-electron chi connectivity index (χ1n) is 6.66. The Balaban J connectivity index is 1.72. The van der Waals surface area contributed by atoms with E-state index >= 15 is 0 Å². The molecule has 0 aliphatic rings. The third kappa shape index (κ3) is 1.93. The summed E-state index contributed by atoms with van der Waals surface area (Å²) in [6.07, 6.45) is 2.56. The van der Waals surface area contributed by atoms with Gasteiger partial charge < -0.3 is 4.98 Å². The lowest BCUT2D eigenvalue weighted by Gasteiger charge is -2.01. The maximum absolute atomic E-state index is 4.52. The first-order chi connectivity index (χ1) is 9.88. The highest BCUT2D eigenvalue weighted by Crippen LogP contribution is 2.18. The molecule has 2 heterocycles. The summed E-state index contributed by atoms with van der Waals surface area (Å²) in [5.74, 6) is 0.953. The minimum atomic E-state index is 0.781. The predicted octanol–water partition coefficient (Wildman–Crippen LogP) is 3.70. The van der Waals surface area contributed by atoms with Gasteiger partial charge in [-0.15, -0.1) is 0 Å². The van der Waals surface area contributed by atoms with Crippen molar-refractivity contribution in [2.24, 2.45) is 0 Å². The summed E-state index contributed by atoms with van der Waals surface area (Å²) >= 11 is 0. The Labute approximate surface area is 116 Å². The van der Waals surface area contributed by atoms with Crippen LogP contribution in [0.25, 0.3) is 21.9 Å². The number of aromatic amines is 1. The Bertz CT molecular complexity index is 860. The molecule has 0 unspecified atom stereocenters. The van der Waals surface area contributed by atoms with Crippen LogP contribution in [0.5, 0.6) is 0 Å². The zero-order valence-corrected chi connectivity index (χ0v) is 10.9. The first kappa shape index (κ1) is 11.2. The SMILES string of the molecule is c1ccc2cc(Cc3nc4ncccc4[nH]3)ccc2c1. The van der Waals surface area contributed by atoms with E-state index in [1.165, 1.54) is 16.3 Å². The minimum Gasteiger partial charge on any atom is -0.340 e. The lowest BCUT2D eigenvalue weighted by molar-refractivity contribution is 1.04. The van der Waals surface area contributed by atoms with Crippen molar-refractivity contribution in [1.82, 2.24) is 15.0 Å². The van der Waals surface area contributed by atoms with Crippen LogP contribution in [-0.4, -0.2) is 15.0 Å². The zero-order valence-electron chi connectivity index (χ0n) is 10.9. The summed E-state index contributed by atoms with van der Waals surface area (Å²) < 4.78 is 0. The number of aromatic nitrogens is 3. The van der Waals surface area contributed by atoms with Crippen LogP contribution in [0.1, 0.15) is 11.4 Å². The van der Waals surface area contributed by atoms with Crippen LogP contribution in [0, 0.1) is 0 Å². The van der Waals surface area contributed by atoms with E-state index in [1.807, 2.05) is 12.1 Å². The molecule has 0 saturated heterocycles. The maximum atomic E-state index is 4.52. The van der Waals surface area contributed by atoms with Crippen molar-refractivity contribution < 1.29 is 0 Å². The van der Waals surface area contributed by atoms with Gasteiger partial charge in [0.1, 0.15) is 5.82 Å². The molecule has 2 aromatic carbocycles. The fourth-order valence-electron chi connectivity index (χ4n) is 2.52. The molecule has 3 nitrogen and oxygen atoms in total. The van der Waals surface area contributed by atoms with Crippen molar-refractivity contribution in [3.05, 3.63) is 72.2 Å². The van der Waals surface area contributed by atoms with Gasteiger partial charge >= 0.3 is 0 Å². The van der Waals surface area contributed by atoms with E-state index in [4.69, 9.17) is 0 Å². The Morgan fingerprint density at radius 1 is 0.900 bits per heavy atom. The van der Waals surface area contributed by atoms with Crippen molar-refractivity contribution in [1.29, 1.82) is 0 Å². The Morgan fingerprint density at radius 2 is 1.80 bits per heavy atom. The minimum absolute atomic E-state index is 0.781. The highest BCUT2D eigenvalue weighted by Gasteiger charge is 2.04. The molecule has 20 heavy (non-hydrogen) atoms. The van der Waals surface area contributed by atoms with Gasteiger partial charge in [0.2, 0.25) is 0 Å². The number of benzene rings is 2. The molecule has 1 N–H and O–H groups in total. The largest absolute Gasteiger partial charge is 0.340 e. The first-order valence-corrected chi connectivity index (χ1v) is 6.66. The van der Waals surface area contributed by atoms with Crippen LogP contribution in [-0.2, 0) is 6.42 Å². The molecule has 0 fully saturated rings. The summed E-state index contributed by atoms with van der Waals surface area (Å²) in [6.45, 7) is 0. The molecular formula is C17H13N3. The maximum Gasteiger partial charge on any atom is 0.177 e. The van der Waals surface area contributed by atoms with Crippen LogP contribution in [0.3, 0.4) is 0 Å². The Morgan fingerprint density at radius 3 is 2.70 bits per heavy atom. The van der Waals surface area contributed by atoms with E-state index < -0.39 is 0 Å². The van der Waals surface area contributed by atoms with E-state index in [9.17, 15) is 0 Å². The van der Waals surface area contributed by atoms with E-state index in [0.29, 0.717) is 0 Å². The number of pyridine rings is 1. The van der Waals surface area contributed by atoms with Crippen molar-refractivity contribution in [3.63, 3.8) is 0 Å². The molecule has 0 aliphatic carbocycles. The van der Waals surface area contributed by atoms with Crippen molar-refractivity contribution in [3.8, 4) is 0 Å². The van der Waals surface area contributed by atoms with Crippen molar-refractivity contribution in [2.75, 3.05) is 0 Å². The third-order valence-electron chi connectivity index (χ3n) is 3.49. The average Bonchev–Trinajstić information content (AvgIpc) is 2.89. The monoisotopic (exact) mass is 259 g/mol. The van der Waals surface area contributed by atoms with Gasteiger partial charge in [0.25, 0.3) is 0 Å². The Hall–Kier alpha value is -2.68. The molecule has 0 amide bonds. The van der Waals surface area contributed by atoms with Crippen molar-refractivity contribution in [2.45, 2.75) is 6.42 Å². The summed E-state index contributed by atoms with van der Waals surface area (Å²) in [6, 6.07) is 18.8. The number of hydrogen-bond acceptors (Lipinski definition) is 2. The quantitative estimate of drug-likeness (QED) is 0.596. The highest BCUT2D eigenvalue weighted by molar-refractivity contribution is 5.83. The molecule has 0 radical (unpaired) electrons. The van der Waals surface area contributed by atoms with Gasteiger partial charge in [0, 0.05) is 12.6 Å². The number of fused-ring (bicyclic) bond motifs is 2. The average molecular weight is 259 g/mol. The second-order valence-corrected chi connectivity index (χ2v) is 4.92. The molecule has 96 valence electrons. The smallest absolute Gasteiger partial charge is 0.177 e. The molecule has 0 aliphatic heterocycles. The molecule has 0 bridgehead atoms. The third-order valence-corrected chi connectivity index (χ3v) is 3.49. The van der Waals surface area contributed by atoms with Gasteiger partial charge in [-0.05, 0) is 28.5 Å². The van der Waals surface area contributed by atoms with Crippen LogP contribution in [0.4, 0.5) is 0 Å². The predicted molar refractivity (Wildman–Crippen MR) is 80.6 cm³/mol. The molecule has 4 rings (SSSR count). The normalized spacial score (nSPS) is 11.2. The van der Waals surface area contributed by atoms with Gasteiger partial charge in [0.15, 0.2) is 5.65 Å². The number of rotatable bonds is 2. The van der Waals surface area contributed by atoms with Crippen LogP contribution >= 0.6 is 0 Å². The molecule has 0 atom stereocenters. The van der Waals surface area contributed by atoms with Gasteiger partial charge in [-0.25, -0.2) is 9.97 Å². The standard InChI is InChI=1S/C17H13N3/c1-2-5-14-10-12(7-8-13(14)4-1)11-16-19-15-6-3-9-18-17(15)20-16/h1-10H,11H2,(H,18,19,20). The number of hydrogen-bond donors (Lipinski definition) is 1. The van der Waals surface area contributed by atoms with Crippen LogP contribution in [0.15, 0.2) is 60.8 Å². The van der Waals surface area contributed by atoms with Gasteiger partial charge in [-0.1, -0.05) is 42.5 Å². The number of nitrogens with zero attached hydrogens (tertiary/aromatic N) is 2. The second kappa shape index (κ2) is 4.46. The van der Waals surface area contributed by atoms with E-state index in [2.05, 4.69) is 57.4 Å². The van der Waals surface area contributed by atoms with Gasteiger partial charge in [-0.3, -0.25) is 0 Å². The number of nitrogens with one attached hydrogen (secondary N) is 1. The lowest BCUT2D eigenvalue weighted by Crippen LogP contribution is -1.90. The second-order valence-electron chi connectivity index (χ2n) is 4.92. The zero-order chi connectivity index (χ0) is 13.4. The molecule has 4 aromatic rings. The van der Waals surface area contributed by atoms with Crippen LogP contribution < -0.4 is 0 Å². The molecule has 0 spiro atoms.